The Hall–Kier alpha value is -1.39. The lowest BCUT2D eigenvalue weighted by atomic mass is 10.1. The van der Waals surface area contributed by atoms with E-state index >= 15 is 0 Å². The summed E-state index contributed by atoms with van der Waals surface area (Å²) in [5.41, 5.74) is 6.98. The van der Waals surface area contributed by atoms with E-state index in [1.165, 1.54) is 5.06 Å². The maximum absolute atomic E-state index is 12.0. The molecule has 0 aromatic heterocycles. The molecule has 1 heterocycles. The first-order valence-corrected chi connectivity index (χ1v) is 6.01. The maximum Gasteiger partial charge on any atom is 0.263 e. The lowest BCUT2D eigenvalue weighted by Gasteiger charge is -2.28. The number of hydroxylamine groups is 2. The molecule has 1 saturated heterocycles. The number of amides is 1. The zero-order valence-corrected chi connectivity index (χ0v) is 9.84. The predicted molar refractivity (Wildman–Crippen MR) is 65.0 cm³/mol. The second-order valence-electron chi connectivity index (χ2n) is 4.28. The Balaban J connectivity index is 1.90. The quantitative estimate of drug-likeness (QED) is 0.852. The average Bonchev–Trinajstić information content (AvgIpc) is 2.40. The second-order valence-corrected chi connectivity index (χ2v) is 4.28. The van der Waals surface area contributed by atoms with E-state index in [0.717, 1.165) is 18.4 Å². The first-order valence-electron chi connectivity index (χ1n) is 6.01. The molecule has 0 bridgehead atoms. The minimum atomic E-state index is -0.518. The van der Waals surface area contributed by atoms with Gasteiger partial charge in [0.15, 0.2) is 0 Å². The summed E-state index contributed by atoms with van der Waals surface area (Å²) in [6.45, 7) is 1.27. The monoisotopic (exact) mass is 234 g/mol. The molecule has 1 unspecified atom stereocenters. The highest BCUT2D eigenvalue weighted by Crippen LogP contribution is 2.09. The van der Waals surface area contributed by atoms with Gasteiger partial charge in [0.2, 0.25) is 0 Å². The van der Waals surface area contributed by atoms with Gasteiger partial charge in [-0.05, 0) is 24.8 Å². The average molecular weight is 234 g/mol. The Morgan fingerprint density at radius 3 is 2.76 bits per heavy atom. The number of hydrogen-bond donors (Lipinski definition) is 1. The van der Waals surface area contributed by atoms with Crippen LogP contribution in [-0.4, -0.2) is 30.2 Å². The number of nitrogens with zero attached hydrogens (tertiary/aromatic N) is 1. The molecule has 1 fully saturated rings. The van der Waals surface area contributed by atoms with E-state index in [-0.39, 0.29) is 5.91 Å². The van der Waals surface area contributed by atoms with E-state index in [4.69, 9.17) is 10.6 Å². The van der Waals surface area contributed by atoms with Crippen LogP contribution in [0, 0.1) is 0 Å². The topological polar surface area (TPSA) is 55.6 Å². The zero-order valence-electron chi connectivity index (χ0n) is 9.84. The Morgan fingerprint density at radius 2 is 2.12 bits per heavy atom. The van der Waals surface area contributed by atoms with Gasteiger partial charge in [-0.1, -0.05) is 30.3 Å². The Bertz CT molecular complexity index is 361. The van der Waals surface area contributed by atoms with Crippen LogP contribution in [0.25, 0.3) is 0 Å². The number of hydrogen-bond acceptors (Lipinski definition) is 3. The number of nitrogens with two attached hydrogens (primary N) is 1. The van der Waals surface area contributed by atoms with Crippen LogP contribution in [0.2, 0.25) is 0 Å². The van der Waals surface area contributed by atoms with Gasteiger partial charge in [0, 0.05) is 6.54 Å². The molecule has 0 aliphatic carbocycles. The molecule has 0 radical (unpaired) electrons. The van der Waals surface area contributed by atoms with Gasteiger partial charge in [-0.25, -0.2) is 5.06 Å². The fraction of sp³-hybridized carbons (Fsp3) is 0.462. The van der Waals surface area contributed by atoms with Crippen molar-refractivity contribution >= 4 is 5.91 Å². The molecular formula is C13H18N2O2. The summed E-state index contributed by atoms with van der Waals surface area (Å²) in [5.74, 6) is -0.117. The number of carbonyl (C=O) groups is 1. The number of carbonyl (C=O) groups excluding carboxylic acids is 1. The van der Waals surface area contributed by atoms with Crippen molar-refractivity contribution in [3.63, 3.8) is 0 Å². The van der Waals surface area contributed by atoms with Crippen molar-refractivity contribution < 1.29 is 9.63 Å². The van der Waals surface area contributed by atoms with E-state index in [9.17, 15) is 4.79 Å². The summed E-state index contributed by atoms with van der Waals surface area (Å²) in [6, 6.07) is 9.28. The lowest BCUT2D eigenvalue weighted by molar-refractivity contribution is -0.198. The van der Waals surface area contributed by atoms with Gasteiger partial charge in [0.25, 0.3) is 5.91 Å². The van der Waals surface area contributed by atoms with Crippen LogP contribution in [0.15, 0.2) is 30.3 Å². The first-order chi connectivity index (χ1) is 8.27. The largest absolute Gasteiger partial charge is 0.320 e. The van der Waals surface area contributed by atoms with Crippen LogP contribution in [-0.2, 0) is 16.1 Å². The van der Waals surface area contributed by atoms with E-state index in [2.05, 4.69) is 0 Å². The van der Waals surface area contributed by atoms with Gasteiger partial charge < -0.3 is 5.73 Å². The summed E-state index contributed by atoms with van der Waals surface area (Å²) in [7, 11) is 0. The van der Waals surface area contributed by atoms with Crippen LogP contribution in [0.4, 0.5) is 0 Å². The molecule has 1 aromatic carbocycles. The predicted octanol–water partition coefficient (Wildman–Crippen LogP) is 1.11. The van der Waals surface area contributed by atoms with Crippen LogP contribution in [0.3, 0.4) is 0 Å². The standard InChI is InChI=1S/C13H18N2O2/c14-12(10-11-6-2-1-3-7-11)13(16)15-8-4-5-9-17-15/h1-3,6-7,12H,4-5,8-10,14H2. The molecule has 2 N–H and O–H groups in total. The molecule has 0 spiro atoms. The lowest BCUT2D eigenvalue weighted by Crippen LogP contribution is -2.46. The van der Waals surface area contributed by atoms with Crippen LogP contribution >= 0.6 is 0 Å². The van der Waals surface area contributed by atoms with Crippen molar-refractivity contribution in [3.8, 4) is 0 Å². The molecule has 1 aliphatic heterocycles. The van der Waals surface area contributed by atoms with Gasteiger partial charge in [-0.3, -0.25) is 9.63 Å². The first kappa shape index (κ1) is 12.1. The van der Waals surface area contributed by atoms with Crippen molar-refractivity contribution in [3.05, 3.63) is 35.9 Å². The van der Waals surface area contributed by atoms with E-state index in [1.54, 1.807) is 0 Å². The summed E-state index contributed by atoms with van der Waals surface area (Å²) in [5, 5.41) is 1.41. The smallest absolute Gasteiger partial charge is 0.263 e. The van der Waals surface area contributed by atoms with Crippen molar-refractivity contribution in [1.82, 2.24) is 5.06 Å². The van der Waals surface area contributed by atoms with Gasteiger partial charge in [0.05, 0.1) is 12.6 Å². The minimum Gasteiger partial charge on any atom is -0.320 e. The highest BCUT2D eigenvalue weighted by atomic mass is 16.7. The fourth-order valence-electron chi connectivity index (χ4n) is 1.91. The molecule has 0 saturated carbocycles. The summed E-state index contributed by atoms with van der Waals surface area (Å²) in [4.78, 5) is 17.3. The maximum atomic E-state index is 12.0. The molecule has 1 amide bonds. The number of benzene rings is 1. The molecule has 1 aromatic rings. The third kappa shape index (κ3) is 3.28. The zero-order chi connectivity index (χ0) is 12.1. The van der Waals surface area contributed by atoms with Crippen molar-refractivity contribution in [2.75, 3.05) is 13.2 Å². The molecule has 92 valence electrons. The number of rotatable bonds is 3. The Kier molecular flexibility index (Phi) is 4.12. The van der Waals surface area contributed by atoms with Gasteiger partial charge in [-0.2, -0.15) is 0 Å². The van der Waals surface area contributed by atoms with Crippen LogP contribution in [0.1, 0.15) is 18.4 Å². The van der Waals surface area contributed by atoms with Crippen molar-refractivity contribution in [2.45, 2.75) is 25.3 Å². The fourth-order valence-corrected chi connectivity index (χ4v) is 1.91. The Morgan fingerprint density at radius 1 is 1.35 bits per heavy atom. The minimum absolute atomic E-state index is 0.117. The molecule has 1 aliphatic rings. The summed E-state index contributed by atoms with van der Waals surface area (Å²) < 4.78 is 0. The van der Waals surface area contributed by atoms with Crippen molar-refractivity contribution in [1.29, 1.82) is 0 Å². The van der Waals surface area contributed by atoms with Gasteiger partial charge in [0.1, 0.15) is 0 Å². The van der Waals surface area contributed by atoms with Gasteiger partial charge in [-0.15, -0.1) is 0 Å². The highest BCUT2D eigenvalue weighted by molar-refractivity contribution is 5.81. The molecule has 4 nitrogen and oxygen atoms in total. The molecule has 4 heteroatoms. The third-order valence-electron chi connectivity index (χ3n) is 2.86. The van der Waals surface area contributed by atoms with Crippen LogP contribution < -0.4 is 5.73 Å². The van der Waals surface area contributed by atoms with E-state index in [1.807, 2.05) is 30.3 Å². The van der Waals surface area contributed by atoms with E-state index in [0.29, 0.717) is 19.6 Å². The SMILES string of the molecule is NC(Cc1ccccc1)C(=O)N1CCCCO1. The molecule has 17 heavy (non-hydrogen) atoms. The molecule has 2 rings (SSSR count). The third-order valence-corrected chi connectivity index (χ3v) is 2.86. The van der Waals surface area contributed by atoms with Gasteiger partial charge >= 0.3 is 0 Å². The Labute approximate surface area is 101 Å². The van der Waals surface area contributed by atoms with E-state index < -0.39 is 6.04 Å². The molecule has 1 atom stereocenters. The highest BCUT2D eigenvalue weighted by Gasteiger charge is 2.23. The normalized spacial score (nSPS) is 17.8. The second kappa shape index (κ2) is 5.80. The van der Waals surface area contributed by atoms with Crippen LogP contribution in [0.5, 0.6) is 0 Å². The summed E-state index contributed by atoms with van der Waals surface area (Å²) >= 11 is 0. The summed E-state index contributed by atoms with van der Waals surface area (Å²) in [6.07, 6.45) is 2.56. The van der Waals surface area contributed by atoms with Crippen molar-refractivity contribution in [2.24, 2.45) is 5.73 Å². The molecular weight excluding hydrogens is 216 g/mol.